The third kappa shape index (κ3) is 2.81. The maximum absolute atomic E-state index is 13.1. The van der Waals surface area contributed by atoms with Crippen molar-refractivity contribution in [3.05, 3.63) is 64.2 Å². The van der Waals surface area contributed by atoms with E-state index in [-0.39, 0.29) is 5.91 Å². The predicted octanol–water partition coefficient (Wildman–Crippen LogP) is 2.97. The molecule has 1 amide bonds. The summed E-state index contributed by atoms with van der Waals surface area (Å²) in [6, 6.07) is 9.74. The van der Waals surface area contributed by atoms with E-state index < -0.39 is 0 Å². The first-order chi connectivity index (χ1) is 12.6. The van der Waals surface area contributed by atoms with Crippen molar-refractivity contribution in [1.82, 2.24) is 24.9 Å². The Morgan fingerprint density at radius 2 is 2.12 bits per heavy atom. The van der Waals surface area contributed by atoms with Crippen LogP contribution in [0, 0.1) is 13.8 Å². The van der Waals surface area contributed by atoms with Crippen LogP contribution in [0.2, 0.25) is 0 Å². The van der Waals surface area contributed by atoms with Crippen LogP contribution in [0.3, 0.4) is 0 Å². The highest BCUT2D eigenvalue weighted by Crippen LogP contribution is 2.23. The van der Waals surface area contributed by atoms with E-state index in [9.17, 15) is 4.79 Å². The molecular formula is C20H23N5O. The summed E-state index contributed by atoms with van der Waals surface area (Å²) in [6.45, 7) is 7.42. The molecule has 0 fully saturated rings. The van der Waals surface area contributed by atoms with E-state index in [4.69, 9.17) is 0 Å². The Morgan fingerprint density at radius 1 is 1.27 bits per heavy atom. The molecule has 1 aliphatic heterocycles. The van der Waals surface area contributed by atoms with Gasteiger partial charge in [0.15, 0.2) is 0 Å². The van der Waals surface area contributed by atoms with E-state index in [1.807, 2.05) is 53.8 Å². The van der Waals surface area contributed by atoms with Crippen molar-refractivity contribution >= 4 is 5.91 Å². The number of nitrogens with zero attached hydrogens (tertiary/aromatic N) is 4. The summed E-state index contributed by atoms with van der Waals surface area (Å²) in [5.41, 5.74) is 7.05. The Hall–Kier alpha value is -2.89. The van der Waals surface area contributed by atoms with Crippen LogP contribution in [0.25, 0.3) is 5.69 Å². The Kier molecular flexibility index (Phi) is 4.11. The first-order valence-corrected chi connectivity index (χ1v) is 9.04. The first-order valence-electron chi connectivity index (χ1n) is 9.04. The minimum atomic E-state index is 0.0577. The summed E-state index contributed by atoms with van der Waals surface area (Å²) in [4.78, 5) is 15.0. The minimum absolute atomic E-state index is 0.0577. The smallest absolute Gasteiger partial charge is 0.254 e. The van der Waals surface area contributed by atoms with Crippen LogP contribution >= 0.6 is 0 Å². The Bertz CT molecular complexity index is 955. The third-order valence-electron chi connectivity index (χ3n) is 4.99. The normalized spacial score (nSPS) is 13.7. The van der Waals surface area contributed by atoms with Crippen molar-refractivity contribution in [3.8, 4) is 5.69 Å². The van der Waals surface area contributed by atoms with Gasteiger partial charge < -0.3 is 4.90 Å². The summed E-state index contributed by atoms with van der Waals surface area (Å²) in [7, 11) is 0. The number of carbonyl (C=O) groups excluding carboxylic acids is 1. The van der Waals surface area contributed by atoms with Gasteiger partial charge in [-0.1, -0.05) is 13.0 Å². The number of H-pyrrole nitrogens is 1. The van der Waals surface area contributed by atoms with Crippen molar-refractivity contribution in [3.63, 3.8) is 0 Å². The second kappa shape index (κ2) is 6.44. The zero-order valence-corrected chi connectivity index (χ0v) is 15.4. The van der Waals surface area contributed by atoms with E-state index in [0.717, 1.165) is 35.6 Å². The van der Waals surface area contributed by atoms with Crippen molar-refractivity contribution in [2.75, 3.05) is 6.54 Å². The highest BCUT2D eigenvalue weighted by Gasteiger charge is 2.25. The lowest BCUT2D eigenvalue weighted by molar-refractivity contribution is 0.0734. The second-order valence-electron chi connectivity index (χ2n) is 6.85. The highest BCUT2D eigenvalue weighted by atomic mass is 16.2. The molecule has 1 N–H and O–H groups in total. The highest BCUT2D eigenvalue weighted by molar-refractivity contribution is 5.95. The number of hydrogen-bond acceptors (Lipinski definition) is 3. The van der Waals surface area contributed by atoms with Crippen molar-refractivity contribution in [2.45, 2.75) is 40.2 Å². The Morgan fingerprint density at radius 3 is 2.85 bits per heavy atom. The van der Waals surface area contributed by atoms with Gasteiger partial charge in [-0.15, -0.1) is 0 Å². The average Bonchev–Trinajstić information content (AvgIpc) is 3.22. The molecule has 1 aliphatic rings. The lowest BCUT2D eigenvalue weighted by Crippen LogP contribution is -2.36. The van der Waals surface area contributed by atoms with E-state index in [2.05, 4.69) is 22.2 Å². The molecule has 0 bridgehead atoms. The molecule has 0 saturated heterocycles. The second-order valence-corrected chi connectivity index (χ2v) is 6.85. The molecule has 6 heteroatoms. The summed E-state index contributed by atoms with van der Waals surface area (Å²) in [5.74, 6) is 0.0577. The number of benzene rings is 1. The number of aromatic amines is 1. The number of fused-ring (bicyclic) bond motifs is 1. The van der Waals surface area contributed by atoms with Gasteiger partial charge >= 0.3 is 0 Å². The van der Waals surface area contributed by atoms with Crippen LogP contribution in [0.15, 0.2) is 30.3 Å². The summed E-state index contributed by atoms with van der Waals surface area (Å²) in [5, 5.41) is 12.0. The summed E-state index contributed by atoms with van der Waals surface area (Å²) < 4.78 is 1.88. The zero-order valence-electron chi connectivity index (χ0n) is 15.4. The molecule has 0 radical (unpaired) electrons. The molecular weight excluding hydrogens is 326 g/mol. The fourth-order valence-electron chi connectivity index (χ4n) is 3.66. The van der Waals surface area contributed by atoms with Crippen molar-refractivity contribution < 1.29 is 4.79 Å². The molecule has 0 atom stereocenters. The lowest BCUT2D eigenvalue weighted by Gasteiger charge is -2.27. The standard InChI is InChI=1S/C20H23N5O/c1-4-18-17-12-24(9-8-19(17)22-21-18)20(26)15-6-5-7-16(11-15)25-14(3)10-13(2)23-25/h5-7,10-11H,4,8-9,12H2,1-3H3,(H,21,22). The zero-order chi connectivity index (χ0) is 18.3. The Labute approximate surface area is 152 Å². The average molecular weight is 349 g/mol. The van der Waals surface area contributed by atoms with Crippen LogP contribution in [0.1, 0.15) is 45.6 Å². The molecule has 134 valence electrons. The van der Waals surface area contributed by atoms with Crippen LogP contribution < -0.4 is 0 Å². The van der Waals surface area contributed by atoms with E-state index in [1.54, 1.807) is 0 Å². The Balaban J connectivity index is 1.61. The van der Waals surface area contributed by atoms with Gasteiger partial charge in [0, 0.05) is 42.0 Å². The maximum atomic E-state index is 13.1. The largest absolute Gasteiger partial charge is 0.334 e. The quantitative estimate of drug-likeness (QED) is 0.790. The monoisotopic (exact) mass is 349 g/mol. The molecule has 0 spiro atoms. The van der Waals surface area contributed by atoms with Crippen LogP contribution in [-0.4, -0.2) is 37.3 Å². The number of amides is 1. The number of carbonyl (C=O) groups is 1. The molecule has 4 rings (SSSR count). The minimum Gasteiger partial charge on any atom is -0.334 e. The lowest BCUT2D eigenvalue weighted by atomic mass is 10.0. The first kappa shape index (κ1) is 16.6. The predicted molar refractivity (Wildman–Crippen MR) is 99.4 cm³/mol. The third-order valence-corrected chi connectivity index (χ3v) is 4.99. The van der Waals surface area contributed by atoms with Gasteiger partial charge in [0.25, 0.3) is 5.91 Å². The SMILES string of the molecule is CCc1n[nH]c2c1CN(C(=O)c1cccc(-n3nc(C)cc3C)c1)CC2. The molecule has 0 aliphatic carbocycles. The molecule has 2 aromatic heterocycles. The fourth-order valence-corrected chi connectivity index (χ4v) is 3.66. The van der Waals surface area contributed by atoms with Crippen LogP contribution in [-0.2, 0) is 19.4 Å². The van der Waals surface area contributed by atoms with Crippen LogP contribution in [0.4, 0.5) is 0 Å². The topological polar surface area (TPSA) is 66.8 Å². The van der Waals surface area contributed by atoms with E-state index in [1.165, 1.54) is 11.3 Å². The van der Waals surface area contributed by atoms with Gasteiger partial charge in [0.05, 0.1) is 17.1 Å². The number of rotatable bonds is 3. The molecule has 0 saturated carbocycles. The van der Waals surface area contributed by atoms with E-state index >= 15 is 0 Å². The number of nitrogens with one attached hydrogen (secondary N) is 1. The number of hydrogen-bond donors (Lipinski definition) is 1. The van der Waals surface area contributed by atoms with Gasteiger partial charge in [-0.3, -0.25) is 9.89 Å². The number of aromatic nitrogens is 4. The van der Waals surface area contributed by atoms with Gasteiger partial charge in [-0.2, -0.15) is 10.2 Å². The van der Waals surface area contributed by atoms with Gasteiger partial charge in [-0.25, -0.2) is 4.68 Å². The molecule has 3 aromatic rings. The van der Waals surface area contributed by atoms with Crippen LogP contribution in [0.5, 0.6) is 0 Å². The van der Waals surface area contributed by atoms with Gasteiger partial charge in [0.2, 0.25) is 0 Å². The fraction of sp³-hybridized carbons (Fsp3) is 0.350. The molecule has 1 aromatic carbocycles. The molecule has 0 unspecified atom stereocenters. The number of aryl methyl sites for hydroxylation is 3. The maximum Gasteiger partial charge on any atom is 0.254 e. The van der Waals surface area contributed by atoms with Crippen molar-refractivity contribution in [2.24, 2.45) is 0 Å². The molecule has 26 heavy (non-hydrogen) atoms. The summed E-state index contributed by atoms with van der Waals surface area (Å²) >= 11 is 0. The molecule has 6 nitrogen and oxygen atoms in total. The van der Waals surface area contributed by atoms with Gasteiger partial charge in [0.1, 0.15) is 0 Å². The van der Waals surface area contributed by atoms with Crippen molar-refractivity contribution in [1.29, 1.82) is 0 Å². The molecule has 3 heterocycles. The summed E-state index contributed by atoms with van der Waals surface area (Å²) in [6.07, 6.45) is 1.70. The van der Waals surface area contributed by atoms with E-state index in [0.29, 0.717) is 18.7 Å². The van der Waals surface area contributed by atoms with Gasteiger partial charge in [-0.05, 0) is 44.5 Å².